The standard InChI is InChI=1S/C18H33N5O/c1-18(2,3)16(24-6)11-20-17(19-4)23-8-7-14(13-23)9-15-10-21-22(5)12-15/h10,12,14,16H,7-9,11,13H2,1-6H3,(H,19,20). The average molecular weight is 335 g/mol. The lowest BCUT2D eigenvalue weighted by Gasteiger charge is -2.31. The highest BCUT2D eigenvalue weighted by atomic mass is 16.5. The van der Waals surface area contributed by atoms with Crippen molar-refractivity contribution in [1.29, 1.82) is 0 Å². The zero-order valence-electron chi connectivity index (χ0n) is 16.0. The first-order valence-electron chi connectivity index (χ1n) is 8.79. The van der Waals surface area contributed by atoms with Crippen molar-refractivity contribution in [2.75, 3.05) is 33.8 Å². The van der Waals surface area contributed by atoms with Gasteiger partial charge in [-0.05, 0) is 29.7 Å². The van der Waals surface area contributed by atoms with Crippen molar-refractivity contribution in [3.63, 3.8) is 0 Å². The number of ether oxygens (including phenoxy) is 1. The second-order valence-electron chi connectivity index (χ2n) is 7.85. The van der Waals surface area contributed by atoms with Crippen LogP contribution in [0.15, 0.2) is 17.4 Å². The first-order valence-corrected chi connectivity index (χ1v) is 8.79. The first kappa shape index (κ1) is 18.8. The number of aromatic nitrogens is 2. The summed E-state index contributed by atoms with van der Waals surface area (Å²) in [4.78, 5) is 6.82. The summed E-state index contributed by atoms with van der Waals surface area (Å²) in [7, 11) is 5.60. The fraction of sp³-hybridized carbons (Fsp3) is 0.778. The molecule has 1 aliphatic heterocycles. The summed E-state index contributed by atoms with van der Waals surface area (Å²) in [5, 5.41) is 7.76. The van der Waals surface area contributed by atoms with E-state index in [1.54, 1.807) is 7.11 Å². The molecule has 2 rings (SSSR count). The van der Waals surface area contributed by atoms with E-state index < -0.39 is 0 Å². The summed E-state index contributed by atoms with van der Waals surface area (Å²) < 4.78 is 7.50. The molecule has 1 fully saturated rings. The van der Waals surface area contributed by atoms with Gasteiger partial charge in [0.1, 0.15) is 0 Å². The van der Waals surface area contributed by atoms with Crippen molar-refractivity contribution >= 4 is 5.96 Å². The lowest BCUT2D eigenvalue weighted by atomic mass is 9.89. The lowest BCUT2D eigenvalue weighted by molar-refractivity contribution is 0.0202. The zero-order valence-corrected chi connectivity index (χ0v) is 16.0. The predicted octanol–water partition coefficient (Wildman–Crippen LogP) is 1.92. The van der Waals surface area contributed by atoms with Crippen molar-refractivity contribution in [1.82, 2.24) is 20.0 Å². The summed E-state index contributed by atoms with van der Waals surface area (Å²) in [6.07, 6.45) is 6.53. The Morgan fingerprint density at radius 1 is 1.50 bits per heavy atom. The lowest BCUT2D eigenvalue weighted by Crippen LogP contribution is -2.46. The summed E-state index contributed by atoms with van der Waals surface area (Å²) in [5.74, 6) is 1.64. The van der Waals surface area contributed by atoms with Crippen LogP contribution in [0.1, 0.15) is 32.8 Å². The van der Waals surface area contributed by atoms with Crippen molar-refractivity contribution < 1.29 is 4.74 Å². The van der Waals surface area contributed by atoms with Crippen LogP contribution in [0.5, 0.6) is 0 Å². The van der Waals surface area contributed by atoms with Crippen LogP contribution in [0, 0.1) is 11.3 Å². The van der Waals surface area contributed by atoms with Crippen LogP contribution in [0.25, 0.3) is 0 Å². The number of aryl methyl sites for hydroxylation is 1. The van der Waals surface area contributed by atoms with Crippen LogP contribution in [0.4, 0.5) is 0 Å². The highest BCUT2D eigenvalue weighted by Crippen LogP contribution is 2.22. The molecular weight excluding hydrogens is 302 g/mol. The molecule has 0 aromatic carbocycles. The number of nitrogens with zero attached hydrogens (tertiary/aromatic N) is 4. The van der Waals surface area contributed by atoms with Crippen molar-refractivity contribution in [3.05, 3.63) is 18.0 Å². The van der Waals surface area contributed by atoms with E-state index in [0.717, 1.165) is 32.0 Å². The predicted molar refractivity (Wildman–Crippen MR) is 98.2 cm³/mol. The fourth-order valence-electron chi connectivity index (χ4n) is 3.36. The Bertz CT molecular complexity index is 546. The number of aliphatic imine (C=N–C) groups is 1. The Hall–Kier alpha value is -1.56. The Morgan fingerprint density at radius 3 is 2.79 bits per heavy atom. The molecule has 0 spiro atoms. The van der Waals surface area contributed by atoms with Gasteiger partial charge >= 0.3 is 0 Å². The van der Waals surface area contributed by atoms with Crippen LogP contribution < -0.4 is 5.32 Å². The molecule has 1 N–H and O–H groups in total. The van der Waals surface area contributed by atoms with Gasteiger partial charge in [0.25, 0.3) is 0 Å². The number of hydrogen-bond donors (Lipinski definition) is 1. The van der Waals surface area contributed by atoms with Gasteiger partial charge < -0.3 is 15.0 Å². The number of guanidine groups is 1. The van der Waals surface area contributed by atoms with Crippen LogP contribution in [0.2, 0.25) is 0 Å². The van der Waals surface area contributed by atoms with Crippen molar-refractivity contribution in [3.8, 4) is 0 Å². The molecule has 24 heavy (non-hydrogen) atoms. The van der Waals surface area contributed by atoms with Crippen LogP contribution in [-0.4, -0.2) is 60.5 Å². The second-order valence-corrected chi connectivity index (χ2v) is 7.85. The van der Waals surface area contributed by atoms with Gasteiger partial charge in [-0.25, -0.2) is 0 Å². The largest absolute Gasteiger partial charge is 0.379 e. The van der Waals surface area contributed by atoms with E-state index in [4.69, 9.17) is 4.74 Å². The highest BCUT2D eigenvalue weighted by Gasteiger charge is 2.28. The minimum atomic E-state index is 0.106. The van der Waals surface area contributed by atoms with Crippen molar-refractivity contribution in [2.24, 2.45) is 23.4 Å². The van der Waals surface area contributed by atoms with E-state index in [1.807, 2.05) is 25.0 Å². The monoisotopic (exact) mass is 335 g/mol. The third-order valence-corrected chi connectivity index (χ3v) is 4.78. The summed E-state index contributed by atoms with van der Waals surface area (Å²) >= 11 is 0. The second kappa shape index (κ2) is 8.01. The zero-order chi connectivity index (χ0) is 17.7. The molecule has 0 bridgehead atoms. The van der Waals surface area contributed by atoms with E-state index in [9.17, 15) is 0 Å². The maximum atomic E-state index is 5.63. The first-order chi connectivity index (χ1) is 11.3. The number of likely N-dealkylation sites (tertiary alicyclic amines) is 1. The molecular formula is C18H33N5O. The van der Waals surface area contributed by atoms with E-state index in [0.29, 0.717) is 5.92 Å². The third-order valence-electron chi connectivity index (χ3n) is 4.78. The molecule has 6 heteroatoms. The van der Waals surface area contributed by atoms with E-state index in [2.05, 4.69) is 47.3 Å². The molecule has 2 heterocycles. The number of hydrogen-bond acceptors (Lipinski definition) is 3. The SMILES string of the molecule is CN=C(NCC(OC)C(C)(C)C)N1CCC(Cc2cnn(C)c2)C1. The van der Waals surface area contributed by atoms with Gasteiger partial charge in [-0.15, -0.1) is 0 Å². The molecule has 1 aromatic heterocycles. The van der Waals surface area contributed by atoms with E-state index in [-0.39, 0.29) is 11.5 Å². The Morgan fingerprint density at radius 2 is 2.25 bits per heavy atom. The number of rotatable bonds is 5. The van der Waals surface area contributed by atoms with Gasteiger partial charge in [0.2, 0.25) is 0 Å². The normalized spacial score (nSPS) is 20.5. The molecule has 0 aliphatic carbocycles. The molecule has 0 amide bonds. The topological polar surface area (TPSA) is 54.7 Å². The molecule has 0 radical (unpaired) electrons. The maximum Gasteiger partial charge on any atom is 0.193 e. The van der Waals surface area contributed by atoms with Crippen molar-refractivity contribution in [2.45, 2.75) is 39.7 Å². The van der Waals surface area contributed by atoms with E-state index >= 15 is 0 Å². The van der Waals surface area contributed by atoms with Crippen LogP contribution in [-0.2, 0) is 18.2 Å². The molecule has 1 aliphatic rings. The number of nitrogens with one attached hydrogen (secondary N) is 1. The maximum absolute atomic E-state index is 5.63. The van der Waals surface area contributed by atoms with Gasteiger partial charge in [0, 0.05) is 47.0 Å². The summed E-state index contributed by atoms with van der Waals surface area (Å²) in [6.45, 7) is 9.47. The van der Waals surface area contributed by atoms with Gasteiger partial charge in [0.05, 0.1) is 12.3 Å². The number of methoxy groups -OCH3 is 1. The van der Waals surface area contributed by atoms with Gasteiger partial charge in [0.15, 0.2) is 5.96 Å². The van der Waals surface area contributed by atoms with Gasteiger partial charge in [-0.1, -0.05) is 20.8 Å². The molecule has 136 valence electrons. The molecule has 6 nitrogen and oxygen atoms in total. The smallest absolute Gasteiger partial charge is 0.193 e. The Balaban J connectivity index is 1.86. The van der Waals surface area contributed by atoms with Gasteiger partial charge in [-0.2, -0.15) is 5.10 Å². The third kappa shape index (κ3) is 4.97. The molecule has 2 unspecified atom stereocenters. The minimum absolute atomic E-state index is 0.106. The van der Waals surface area contributed by atoms with Crippen LogP contribution >= 0.6 is 0 Å². The average Bonchev–Trinajstić information content (AvgIpc) is 3.12. The Labute approximate surface area is 146 Å². The van der Waals surface area contributed by atoms with Gasteiger partial charge in [-0.3, -0.25) is 9.67 Å². The molecule has 1 aromatic rings. The van der Waals surface area contributed by atoms with E-state index in [1.165, 1.54) is 12.0 Å². The molecule has 2 atom stereocenters. The Kier molecular flexibility index (Phi) is 6.27. The van der Waals surface area contributed by atoms with Crippen LogP contribution in [0.3, 0.4) is 0 Å². The minimum Gasteiger partial charge on any atom is -0.379 e. The molecule has 0 saturated carbocycles. The summed E-state index contributed by atoms with van der Waals surface area (Å²) in [5.41, 5.74) is 1.42. The highest BCUT2D eigenvalue weighted by molar-refractivity contribution is 5.80. The fourth-order valence-corrected chi connectivity index (χ4v) is 3.36. The quantitative estimate of drug-likeness (QED) is 0.660. The molecule has 1 saturated heterocycles. The summed E-state index contributed by atoms with van der Waals surface area (Å²) in [6, 6.07) is 0.